The highest BCUT2D eigenvalue weighted by Crippen LogP contribution is 2.19. The molecule has 1 N–H and O–H groups in total. The van der Waals surface area contributed by atoms with Gasteiger partial charge in [-0.15, -0.1) is 0 Å². The quantitative estimate of drug-likeness (QED) is 0.677. The van der Waals surface area contributed by atoms with Crippen molar-refractivity contribution in [3.8, 4) is 0 Å². The zero-order valence-electron chi connectivity index (χ0n) is 7.85. The highest BCUT2D eigenvalue weighted by atomic mass is 16.3. The van der Waals surface area contributed by atoms with Crippen LogP contribution in [0.4, 0.5) is 0 Å². The monoisotopic (exact) mass is 158 g/mol. The van der Waals surface area contributed by atoms with Crippen molar-refractivity contribution in [2.45, 2.75) is 46.1 Å². The molecular weight excluding hydrogens is 140 g/mol. The predicted octanol–water partition coefficient (Wildman–Crippen LogP) is 1.76. The Morgan fingerprint density at radius 1 is 1.55 bits per heavy atom. The van der Waals surface area contributed by atoms with Gasteiger partial charge in [-0.2, -0.15) is 0 Å². The first kappa shape index (κ1) is 10.6. The van der Waals surface area contributed by atoms with Crippen LogP contribution in [0.1, 0.15) is 40.5 Å². The Morgan fingerprint density at radius 3 is 2.27 bits per heavy atom. The van der Waals surface area contributed by atoms with E-state index in [0.29, 0.717) is 12.3 Å². The lowest BCUT2D eigenvalue weighted by molar-refractivity contribution is -0.121. The third-order valence-corrected chi connectivity index (χ3v) is 1.48. The number of Topliss-reactive ketones (excluding diaryl/α,β-unsaturated/α-hetero) is 1. The molecule has 0 heterocycles. The average molecular weight is 158 g/mol. The second kappa shape index (κ2) is 3.86. The molecule has 0 aromatic heterocycles. The van der Waals surface area contributed by atoms with E-state index in [1.54, 1.807) is 6.92 Å². The van der Waals surface area contributed by atoms with Crippen LogP contribution in [0.15, 0.2) is 0 Å². The molecule has 0 radical (unpaired) electrons. The van der Waals surface area contributed by atoms with E-state index < -0.39 is 5.60 Å². The molecule has 2 heteroatoms. The van der Waals surface area contributed by atoms with Crippen LogP contribution in [0.25, 0.3) is 0 Å². The van der Waals surface area contributed by atoms with Crippen LogP contribution in [0.2, 0.25) is 0 Å². The number of rotatable bonds is 4. The van der Waals surface area contributed by atoms with Crippen LogP contribution in [0.3, 0.4) is 0 Å². The molecule has 0 aromatic carbocycles. The second-order valence-corrected chi connectivity index (χ2v) is 3.97. The minimum atomic E-state index is -0.806. The lowest BCUT2D eigenvalue weighted by Crippen LogP contribution is -2.28. The zero-order chi connectivity index (χ0) is 9.07. The van der Waals surface area contributed by atoms with Crippen molar-refractivity contribution in [1.29, 1.82) is 0 Å². The van der Waals surface area contributed by atoms with Gasteiger partial charge in [0.2, 0.25) is 0 Å². The van der Waals surface area contributed by atoms with Gasteiger partial charge >= 0.3 is 0 Å². The number of carbonyl (C=O) groups is 1. The van der Waals surface area contributed by atoms with Gasteiger partial charge in [-0.25, -0.2) is 0 Å². The molecule has 0 rings (SSSR count). The molecule has 0 bridgehead atoms. The second-order valence-electron chi connectivity index (χ2n) is 3.97. The van der Waals surface area contributed by atoms with E-state index in [1.165, 1.54) is 6.92 Å². The molecule has 2 nitrogen and oxygen atoms in total. The maximum Gasteiger partial charge on any atom is 0.132 e. The Morgan fingerprint density at radius 2 is 2.00 bits per heavy atom. The van der Waals surface area contributed by atoms with Gasteiger partial charge in [0, 0.05) is 6.42 Å². The van der Waals surface area contributed by atoms with Crippen LogP contribution in [0.5, 0.6) is 0 Å². The van der Waals surface area contributed by atoms with Crippen LogP contribution >= 0.6 is 0 Å². The fourth-order valence-corrected chi connectivity index (χ4v) is 1.49. The predicted molar refractivity (Wildman–Crippen MR) is 45.4 cm³/mol. The van der Waals surface area contributed by atoms with Crippen molar-refractivity contribution in [1.82, 2.24) is 0 Å². The van der Waals surface area contributed by atoms with Crippen molar-refractivity contribution >= 4 is 5.78 Å². The molecule has 11 heavy (non-hydrogen) atoms. The van der Waals surface area contributed by atoms with Crippen molar-refractivity contribution in [3.63, 3.8) is 0 Å². The Kier molecular flexibility index (Phi) is 3.73. The van der Waals surface area contributed by atoms with Crippen molar-refractivity contribution in [2.75, 3.05) is 0 Å². The normalized spacial score (nSPS) is 16.5. The third kappa shape index (κ3) is 6.05. The number of hydrogen-bond donors (Lipinski definition) is 1. The SMILES string of the molecule is CC(=O)CC(C)(O)CC(C)C. The van der Waals surface area contributed by atoms with E-state index in [1.807, 2.05) is 13.8 Å². The van der Waals surface area contributed by atoms with Gasteiger partial charge in [-0.3, -0.25) is 4.79 Å². The summed E-state index contributed by atoms with van der Waals surface area (Å²) in [4.78, 5) is 10.7. The smallest absolute Gasteiger partial charge is 0.132 e. The molecular formula is C9H18O2. The maximum atomic E-state index is 10.7. The summed E-state index contributed by atoms with van der Waals surface area (Å²) >= 11 is 0. The molecule has 0 saturated carbocycles. The Balaban J connectivity index is 3.89. The van der Waals surface area contributed by atoms with Gasteiger partial charge in [0.15, 0.2) is 0 Å². The first-order chi connectivity index (χ1) is 4.83. The van der Waals surface area contributed by atoms with Crippen molar-refractivity contribution in [3.05, 3.63) is 0 Å². The molecule has 66 valence electrons. The topological polar surface area (TPSA) is 37.3 Å². The van der Waals surface area contributed by atoms with E-state index in [-0.39, 0.29) is 12.2 Å². The molecule has 0 spiro atoms. The lowest BCUT2D eigenvalue weighted by atomic mass is 9.90. The van der Waals surface area contributed by atoms with Gasteiger partial charge in [-0.1, -0.05) is 13.8 Å². The number of aliphatic hydroxyl groups is 1. The number of ketones is 1. The molecule has 0 aliphatic carbocycles. The molecule has 0 aliphatic heterocycles. The van der Waals surface area contributed by atoms with E-state index in [2.05, 4.69) is 0 Å². The lowest BCUT2D eigenvalue weighted by Gasteiger charge is -2.23. The van der Waals surface area contributed by atoms with E-state index in [9.17, 15) is 9.90 Å². The first-order valence-electron chi connectivity index (χ1n) is 4.05. The standard InChI is InChI=1S/C9H18O2/c1-7(2)5-9(4,11)6-8(3)10/h7,11H,5-6H2,1-4H3. The van der Waals surface area contributed by atoms with E-state index in [4.69, 9.17) is 0 Å². The Bertz CT molecular complexity index is 136. The summed E-state index contributed by atoms with van der Waals surface area (Å²) in [5.41, 5.74) is -0.806. The van der Waals surface area contributed by atoms with Crippen LogP contribution in [-0.4, -0.2) is 16.5 Å². The minimum Gasteiger partial charge on any atom is -0.390 e. The summed E-state index contributed by atoms with van der Waals surface area (Å²) in [7, 11) is 0. The van der Waals surface area contributed by atoms with Gasteiger partial charge in [0.05, 0.1) is 5.60 Å². The third-order valence-electron chi connectivity index (χ3n) is 1.48. The summed E-state index contributed by atoms with van der Waals surface area (Å²) in [6.07, 6.45) is 0.956. The number of hydrogen-bond acceptors (Lipinski definition) is 2. The Labute approximate surface area is 68.6 Å². The van der Waals surface area contributed by atoms with Crippen LogP contribution in [-0.2, 0) is 4.79 Å². The summed E-state index contributed by atoms with van der Waals surface area (Å²) in [6.45, 7) is 7.30. The Hall–Kier alpha value is -0.370. The van der Waals surface area contributed by atoms with Crippen molar-refractivity contribution in [2.24, 2.45) is 5.92 Å². The highest BCUT2D eigenvalue weighted by molar-refractivity contribution is 5.76. The fraction of sp³-hybridized carbons (Fsp3) is 0.889. The average Bonchev–Trinajstić information content (AvgIpc) is 1.53. The molecule has 0 aliphatic rings. The van der Waals surface area contributed by atoms with E-state index in [0.717, 1.165) is 0 Å². The molecule has 0 saturated heterocycles. The molecule has 0 aromatic rings. The largest absolute Gasteiger partial charge is 0.390 e. The van der Waals surface area contributed by atoms with Gasteiger partial charge in [0.1, 0.15) is 5.78 Å². The zero-order valence-corrected chi connectivity index (χ0v) is 7.85. The highest BCUT2D eigenvalue weighted by Gasteiger charge is 2.23. The van der Waals surface area contributed by atoms with E-state index >= 15 is 0 Å². The summed E-state index contributed by atoms with van der Waals surface area (Å²) in [5, 5.41) is 9.63. The minimum absolute atomic E-state index is 0.0515. The van der Waals surface area contributed by atoms with Gasteiger partial charge < -0.3 is 5.11 Å². The van der Waals surface area contributed by atoms with Gasteiger partial charge in [-0.05, 0) is 26.2 Å². The fourth-order valence-electron chi connectivity index (χ4n) is 1.49. The number of carbonyl (C=O) groups excluding carboxylic acids is 1. The van der Waals surface area contributed by atoms with Gasteiger partial charge in [0.25, 0.3) is 0 Å². The summed E-state index contributed by atoms with van der Waals surface area (Å²) in [5.74, 6) is 0.486. The molecule has 1 atom stereocenters. The summed E-state index contributed by atoms with van der Waals surface area (Å²) < 4.78 is 0. The van der Waals surface area contributed by atoms with Crippen LogP contribution in [0, 0.1) is 5.92 Å². The molecule has 0 fully saturated rings. The molecule has 1 unspecified atom stereocenters. The molecule has 0 amide bonds. The van der Waals surface area contributed by atoms with Crippen molar-refractivity contribution < 1.29 is 9.90 Å². The van der Waals surface area contributed by atoms with Crippen LogP contribution < -0.4 is 0 Å². The summed E-state index contributed by atoms with van der Waals surface area (Å²) in [6, 6.07) is 0. The first-order valence-corrected chi connectivity index (χ1v) is 4.05. The maximum absolute atomic E-state index is 10.7.